The van der Waals surface area contributed by atoms with Crippen molar-refractivity contribution in [3.63, 3.8) is 0 Å². The Morgan fingerprint density at radius 2 is 1.21 bits per heavy atom. The minimum Gasteiger partial charge on any atom is -0.508 e. The van der Waals surface area contributed by atoms with Crippen LogP contribution in [0.1, 0.15) is 134 Å². The van der Waals surface area contributed by atoms with Gasteiger partial charge in [0.25, 0.3) is 0 Å². The van der Waals surface area contributed by atoms with Crippen molar-refractivity contribution >= 4 is 76.5 Å². The molecule has 3 aliphatic rings. The molecule has 3 aromatic rings. The predicted octanol–water partition coefficient (Wildman–Crippen LogP) is -5.75. The number of phenols is 3. The van der Waals surface area contributed by atoms with E-state index in [1.54, 1.807) is 13.8 Å². The van der Waals surface area contributed by atoms with Gasteiger partial charge < -0.3 is 120 Å². The molecule has 36 nitrogen and oxygen atoms in total. The van der Waals surface area contributed by atoms with Crippen molar-refractivity contribution in [1.82, 2.24) is 42.5 Å². The van der Waals surface area contributed by atoms with E-state index in [0.29, 0.717) is 18.4 Å². The molecular weight excluding hydrogens is 1330 g/mol. The molecule has 0 unspecified atom stereocenters. The van der Waals surface area contributed by atoms with Crippen LogP contribution in [0.25, 0.3) is 0 Å². The van der Waals surface area contributed by atoms with E-state index in [1.165, 1.54) is 56.5 Å². The van der Waals surface area contributed by atoms with E-state index >= 15 is 0 Å². The molecule has 23 N–H and O–H groups in total. The highest BCUT2D eigenvalue weighted by atomic mass is 16.7. The molecular formula is C65H88N12O24. The van der Waals surface area contributed by atoms with Crippen molar-refractivity contribution in [3.05, 3.63) is 81.4 Å². The molecule has 0 saturated carbocycles. The summed E-state index contributed by atoms with van der Waals surface area (Å²) in [5, 5.41) is 117. The van der Waals surface area contributed by atoms with Crippen LogP contribution < -0.4 is 64.5 Å². The number of fused-ring (bicyclic) bond motifs is 3. The van der Waals surface area contributed by atoms with E-state index in [2.05, 4.69) is 47.5 Å². The fourth-order valence-electron chi connectivity index (χ4n) is 11.9. The molecule has 0 bridgehead atoms. The molecule has 1 fully saturated rings. The first kappa shape index (κ1) is 80.0. The quantitative estimate of drug-likeness (QED) is 0.00883. The van der Waals surface area contributed by atoms with E-state index in [-0.39, 0.29) is 71.4 Å². The Labute approximate surface area is 577 Å². The summed E-state index contributed by atoms with van der Waals surface area (Å²) in [6.07, 6.45) is -8.58. The number of primary amides is 1. The summed E-state index contributed by atoms with van der Waals surface area (Å²) in [4.78, 5) is 167. The summed E-state index contributed by atoms with van der Waals surface area (Å²) in [5.74, 6) is -14.9. The van der Waals surface area contributed by atoms with Gasteiger partial charge >= 0.3 is 0 Å². The number of Topliss-reactive ketones (excluding diaryl/α,β-unsaturated/α-hetero) is 1. The molecule has 0 radical (unpaired) electrons. The molecule has 13 atom stereocenters. The zero-order chi connectivity index (χ0) is 74.9. The third kappa shape index (κ3) is 20.4. The van der Waals surface area contributed by atoms with Crippen LogP contribution in [0, 0.1) is 5.92 Å². The second-order valence-electron chi connectivity index (χ2n) is 25.1. The lowest BCUT2D eigenvalue weighted by atomic mass is 9.72. The number of methoxy groups -OCH3 is 1. The maximum atomic E-state index is 14.3. The summed E-state index contributed by atoms with van der Waals surface area (Å²) in [7, 11) is 1.24. The second kappa shape index (κ2) is 35.9. The third-order valence-corrected chi connectivity index (χ3v) is 17.1. The predicted molar refractivity (Wildman–Crippen MR) is 350 cm³/mol. The largest absolute Gasteiger partial charge is 0.508 e. The normalized spacial score (nSPS) is 20.4. The average Bonchev–Trinajstić information content (AvgIpc) is 0.711. The second-order valence-corrected chi connectivity index (χ2v) is 25.1. The van der Waals surface area contributed by atoms with Crippen LogP contribution in [-0.2, 0) is 70.3 Å². The van der Waals surface area contributed by atoms with Crippen LogP contribution >= 0.6 is 0 Å². The Balaban J connectivity index is 1.13. The Morgan fingerprint density at radius 1 is 0.673 bits per heavy atom. The molecule has 9 amide bonds. The fourth-order valence-corrected chi connectivity index (χ4v) is 11.9. The molecule has 0 spiro atoms. The van der Waals surface area contributed by atoms with Gasteiger partial charge in [-0.3, -0.25) is 62.5 Å². The van der Waals surface area contributed by atoms with Gasteiger partial charge in [0.05, 0.1) is 61.9 Å². The van der Waals surface area contributed by atoms with E-state index < -0.39 is 230 Å². The molecule has 2 aliphatic carbocycles. The first-order chi connectivity index (χ1) is 47.7. The van der Waals surface area contributed by atoms with Crippen LogP contribution in [0.3, 0.4) is 0 Å². The van der Waals surface area contributed by atoms with Gasteiger partial charge in [-0.2, -0.15) is 0 Å². The number of carbonyl (C=O) groups excluding carboxylic acids is 12. The van der Waals surface area contributed by atoms with Crippen LogP contribution in [0.5, 0.6) is 23.0 Å². The smallest absolute Gasteiger partial charge is 0.245 e. The molecule has 6 rings (SSSR count). The number of aromatic hydroxyl groups is 3. The molecule has 101 heavy (non-hydrogen) atoms. The maximum absolute atomic E-state index is 14.3. The van der Waals surface area contributed by atoms with Crippen molar-refractivity contribution in [3.8, 4) is 23.0 Å². The number of rotatable bonds is 35. The summed E-state index contributed by atoms with van der Waals surface area (Å²) < 4.78 is 17.6. The first-order valence-corrected chi connectivity index (χ1v) is 32.3. The van der Waals surface area contributed by atoms with Gasteiger partial charge in [0.1, 0.15) is 83.6 Å². The van der Waals surface area contributed by atoms with Crippen molar-refractivity contribution < 1.29 is 118 Å². The molecule has 36 heteroatoms. The topological polar surface area (TPSA) is 601 Å². The lowest BCUT2D eigenvalue weighted by Gasteiger charge is -2.43. The zero-order valence-electron chi connectivity index (χ0n) is 56.0. The minimum absolute atomic E-state index is 0.0347. The van der Waals surface area contributed by atoms with Gasteiger partial charge in [-0.15, -0.1) is 0 Å². The van der Waals surface area contributed by atoms with Gasteiger partial charge in [0.2, 0.25) is 58.9 Å². The highest BCUT2D eigenvalue weighted by Crippen LogP contribution is 2.52. The van der Waals surface area contributed by atoms with Gasteiger partial charge in [-0.25, -0.2) is 0 Å². The SMILES string of the molecule is COc1cccc2c1C(=O)c1c(O)c3c(c(O)c1C2=O)C[C@@](O)(C(=O)CO)C[C@@H]3O[C@@H]1C[C@H](NC(=O)[C@H](CC(C)C)NC(=O)[C@H](CO)NC(=O)[C@H](CO)NC(=O)[C@H](CO)NC(=O)[C@H](CCC(N)=O)NC(=O)[C@H](Cc2ccc(O)cc2)NC(=O)[C@H](CCCCN=C(N)N)NC(C)=O)[C@H](O)[C@H](C)O1. The van der Waals surface area contributed by atoms with Crippen LogP contribution in [0.2, 0.25) is 0 Å². The number of benzene rings is 3. The summed E-state index contributed by atoms with van der Waals surface area (Å²) in [5.41, 5.74) is 11.6. The van der Waals surface area contributed by atoms with Gasteiger partial charge in [0.15, 0.2) is 23.8 Å². The molecule has 1 heterocycles. The Morgan fingerprint density at radius 3 is 1.74 bits per heavy atom. The highest BCUT2D eigenvalue weighted by molar-refractivity contribution is 6.31. The average molecular weight is 1420 g/mol. The number of hydrogen-bond donors (Lipinski definition) is 20. The number of carbonyl (C=O) groups is 12. The highest BCUT2D eigenvalue weighted by Gasteiger charge is 2.51. The van der Waals surface area contributed by atoms with Gasteiger partial charge in [-0.05, 0) is 68.7 Å². The number of unbranched alkanes of at least 4 members (excludes halogenated alkanes) is 1. The molecule has 1 aliphatic heterocycles. The lowest BCUT2D eigenvalue weighted by molar-refractivity contribution is -0.249. The number of aliphatic imine (C=N–C) groups is 1. The molecule has 552 valence electrons. The number of ketones is 3. The molecule has 1 saturated heterocycles. The van der Waals surface area contributed by atoms with Crippen LogP contribution in [-0.4, -0.2) is 235 Å². The number of nitrogens with two attached hydrogens (primary N) is 3. The third-order valence-electron chi connectivity index (χ3n) is 17.1. The van der Waals surface area contributed by atoms with E-state index in [4.69, 9.17) is 31.4 Å². The summed E-state index contributed by atoms with van der Waals surface area (Å²) in [6, 6.07) is -3.60. The number of aliphatic hydroxyl groups is 6. The molecule has 0 aromatic heterocycles. The van der Waals surface area contributed by atoms with Crippen LogP contribution in [0.4, 0.5) is 0 Å². The Kier molecular flexibility index (Phi) is 28.4. The van der Waals surface area contributed by atoms with E-state index in [9.17, 15) is 103 Å². The summed E-state index contributed by atoms with van der Waals surface area (Å²) >= 11 is 0. The number of nitrogens with zero attached hydrogens (tertiary/aromatic N) is 1. The Hall–Kier alpha value is -9.95. The number of guanidine groups is 1. The number of hydrogen-bond acceptors (Lipinski definition) is 25. The monoisotopic (exact) mass is 1420 g/mol. The standard InChI is InChI=1S/C65H88N12O24/c1-28(2)19-38(59(93)72-37-21-47(100-29(3)52(37)86)101-44-23-65(98,45(84)27-81)22-34-49(44)56(90)51-50(54(34)88)53(87)33-9-8-11-43(99-5)48(33)55(51)89)73-61(95)40(24-78)76-63(97)42(26-80)77-62(96)41(25-79)75-58(92)36(16-17-46(66)85)71-60(94)39(20-31-12-14-32(83)15-13-31)74-57(91)35(70-30(4)82)10-6-7-18-69-64(67)68/h8-9,11-15,28-29,35-42,44,47,52,78-81,83,86,88,90,98H,6-7,10,16-27H2,1-5H3,(H2,66,85)(H,70,82)(H,71,94)(H,72,93)(H,73,95)(H,74,91)(H,75,92)(H,76,97)(H,77,96)(H4,67,68,69)/t29-,35-,36-,37-,38-,39-,40-,41-,42-,44-,47+,52+,65-/m0/s1. The number of aliphatic hydroxyl groups excluding tert-OH is 5. The number of amides is 9. The van der Waals surface area contributed by atoms with Crippen molar-refractivity contribution in [2.24, 2.45) is 28.1 Å². The number of phenolic OH excluding ortho intramolecular Hbond substituents is 3. The zero-order valence-corrected chi connectivity index (χ0v) is 56.0. The van der Waals surface area contributed by atoms with Gasteiger partial charge in [0, 0.05) is 62.3 Å². The van der Waals surface area contributed by atoms with Crippen LogP contribution in [0.15, 0.2) is 47.5 Å². The minimum atomic E-state index is -2.52. The fraction of sp³-hybridized carbons (Fsp3) is 0.523. The Bertz CT molecular complexity index is 3630. The van der Waals surface area contributed by atoms with Gasteiger partial charge in [-0.1, -0.05) is 38.1 Å². The van der Waals surface area contributed by atoms with Crippen molar-refractivity contribution in [1.29, 1.82) is 0 Å². The maximum Gasteiger partial charge on any atom is 0.245 e. The molecule has 3 aromatic carbocycles. The number of nitrogens with one attached hydrogen (secondary N) is 8. The van der Waals surface area contributed by atoms with E-state index in [1.807, 2.05) is 0 Å². The lowest BCUT2D eigenvalue weighted by Crippen LogP contribution is -2.62. The number of ether oxygens (including phenoxy) is 3. The van der Waals surface area contributed by atoms with E-state index in [0.717, 1.165) is 6.92 Å². The van der Waals surface area contributed by atoms with Crippen molar-refractivity contribution in [2.75, 3.05) is 40.1 Å². The first-order valence-electron chi connectivity index (χ1n) is 32.3. The summed E-state index contributed by atoms with van der Waals surface area (Å²) in [6.45, 7) is 1.31. The van der Waals surface area contributed by atoms with Crippen molar-refractivity contribution in [2.45, 2.75) is 170 Å².